The predicted octanol–water partition coefficient (Wildman–Crippen LogP) is 2.77. The van der Waals surface area contributed by atoms with Gasteiger partial charge in [-0.1, -0.05) is 43.3 Å². The second kappa shape index (κ2) is 5.13. The van der Waals surface area contributed by atoms with E-state index in [1.807, 2.05) is 49.4 Å². The highest BCUT2D eigenvalue weighted by molar-refractivity contribution is 6.07. The minimum absolute atomic E-state index is 0.162. The third-order valence-corrected chi connectivity index (χ3v) is 3.11. The number of aromatic nitrogens is 3. The van der Waals surface area contributed by atoms with Crippen LogP contribution < -0.4 is 5.32 Å². The number of aromatic amines is 1. The van der Waals surface area contributed by atoms with Crippen LogP contribution in [0.1, 0.15) is 23.4 Å². The minimum atomic E-state index is -0.308. The first-order valence-corrected chi connectivity index (χ1v) is 6.48. The monoisotopic (exact) mass is 266 g/mol. The Morgan fingerprint density at radius 3 is 2.80 bits per heavy atom. The summed E-state index contributed by atoms with van der Waals surface area (Å²) in [6, 6.07) is 13.7. The van der Waals surface area contributed by atoms with Crippen molar-refractivity contribution in [1.82, 2.24) is 15.2 Å². The molecule has 0 bridgehead atoms. The fourth-order valence-corrected chi connectivity index (χ4v) is 2.07. The Labute approximate surface area is 116 Å². The molecule has 1 amide bonds. The number of H-pyrrole nitrogens is 1. The van der Waals surface area contributed by atoms with Crippen LogP contribution in [0.15, 0.2) is 42.5 Å². The van der Waals surface area contributed by atoms with Crippen LogP contribution in [-0.2, 0) is 6.42 Å². The summed E-state index contributed by atoms with van der Waals surface area (Å²) in [6.45, 7) is 1.95. The fourth-order valence-electron chi connectivity index (χ4n) is 2.07. The Bertz CT molecular complexity index is 758. The Morgan fingerprint density at radius 1 is 1.20 bits per heavy atom. The molecule has 0 unspecified atom stereocenters. The number of amides is 1. The molecule has 3 aromatic rings. The predicted molar refractivity (Wildman–Crippen MR) is 77.7 cm³/mol. The molecule has 1 aromatic heterocycles. The summed E-state index contributed by atoms with van der Waals surface area (Å²) < 4.78 is 0. The topological polar surface area (TPSA) is 70.7 Å². The quantitative estimate of drug-likeness (QED) is 0.765. The van der Waals surface area contributed by atoms with E-state index in [0.717, 1.165) is 16.5 Å². The van der Waals surface area contributed by atoms with Gasteiger partial charge in [-0.3, -0.25) is 9.89 Å². The lowest BCUT2D eigenvalue weighted by Crippen LogP contribution is -2.14. The van der Waals surface area contributed by atoms with Gasteiger partial charge >= 0.3 is 0 Å². The van der Waals surface area contributed by atoms with Crippen LogP contribution in [0.4, 0.5) is 5.69 Å². The third kappa shape index (κ3) is 2.25. The summed E-state index contributed by atoms with van der Waals surface area (Å²) in [5.74, 6) is 0.556. The van der Waals surface area contributed by atoms with Crippen molar-refractivity contribution in [3.05, 3.63) is 54.1 Å². The molecule has 3 rings (SSSR count). The van der Waals surface area contributed by atoms with Crippen LogP contribution in [0, 0.1) is 0 Å². The van der Waals surface area contributed by atoms with E-state index in [2.05, 4.69) is 20.5 Å². The number of carbonyl (C=O) groups is 1. The highest BCUT2D eigenvalue weighted by atomic mass is 16.2. The van der Waals surface area contributed by atoms with Gasteiger partial charge in [0.05, 0.1) is 0 Å². The van der Waals surface area contributed by atoms with Crippen molar-refractivity contribution >= 4 is 22.4 Å². The van der Waals surface area contributed by atoms with Crippen molar-refractivity contribution in [2.45, 2.75) is 13.3 Å². The number of rotatable bonds is 3. The number of fused-ring (bicyclic) bond motifs is 1. The molecule has 0 spiro atoms. The molecule has 5 nitrogen and oxygen atoms in total. The molecule has 100 valence electrons. The average molecular weight is 266 g/mol. The molecule has 0 radical (unpaired) electrons. The van der Waals surface area contributed by atoms with Crippen molar-refractivity contribution < 1.29 is 4.79 Å². The highest BCUT2D eigenvalue weighted by Crippen LogP contribution is 2.23. The molecule has 1 heterocycles. The standard InChI is InChI=1S/C15H14N4O/c1-2-13-17-14(19-18-13)15(20)16-12-9-5-7-10-6-3-4-8-11(10)12/h3-9H,2H2,1H3,(H,16,20)(H,17,18,19). The summed E-state index contributed by atoms with van der Waals surface area (Å²) in [6.07, 6.45) is 0.717. The van der Waals surface area contributed by atoms with Crippen LogP contribution in [0.25, 0.3) is 10.8 Å². The number of aryl methyl sites for hydroxylation is 1. The van der Waals surface area contributed by atoms with Gasteiger partial charge in [0, 0.05) is 17.5 Å². The SMILES string of the molecule is CCc1nc(C(=O)Nc2cccc3ccccc23)n[nH]1. The summed E-state index contributed by atoms with van der Waals surface area (Å²) >= 11 is 0. The number of nitrogens with zero attached hydrogens (tertiary/aromatic N) is 2. The lowest BCUT2D eigenvalue weighted by Gasteiger charge is -2.06. The molecule has 0 aliphatic carbocycles. The molecule has 2 aromatic carbocycles. The van der Waals surface area contributed by atoms with Gasteiger partial charge in [0.25, 0.3) is 5.91 Å². The summed E-state index contributed by atoms with van der Waals surface area (Å²) in [5.41, 5.74) is 0.760. The van der Waals surface area contributed by atoms with Gasteiger partial charge in [-0.2, -0.15) is 0 Å². The Hall–Kier alpha value is -2.69. The molecular formula is C15H14N4O. The Balaban J connectivity index is 1.91. The van der Waals surface area contributed by atoms with Crippen LogP contribution in [0.5, 0.6) is 0 Å². The van der Waals surface area contributed by atoms with Gasteiger partial charge in [0.2, 0.25) is 5.82 Å². The lowest BCUT2D eigenvalue weighted by atomic mass is 10.1. The van der Waals surface area contributed by atoms with Gasteiger partial charge in [-0.15, -0.1) is 5.10 Å². The summed E-state index contributed by atoms with van der Waals surface area (Å²) in [5, 5.41) is 11.6. The maximum Gasteiger partial charge on any atom is 0.295 e. The van der Waals surface area contributed by atoms with E-state index < -0.39 is 0 Å². The molecule has 0 fully saturated rings. The largest absolute Gasteiger partial charge is 0.319 e. The molecule has 0 atom stereocenters. The summed E-state index contributed by atoms with van der Waals surface area (Å²) in [7, 11) is 0. The van der Waals surface area contributed by atoms with Crippen molar-refractivity contribution in [1.29, 1.82) is 0 Å². The third-order valence-electron chi connectivity index (χ3n) is 3.11. The maximum atomic E-state index is 12.1. The smallest absolute Gasteiger partial charge is 0.295 e. The summed E-state index contributed by atoms with van der Waals surface area (Å²) in [4.78, 5) is 16.3. The molecule has 0 aliphatic rings. The first kappa shape index (κ1) is 12.3. The van der Waals surface area contributed by atoms with Gasteiger partial charge in [0.1, 0.15) is 5.82 Å². The zero-order valence-corrected chi connectivity index (χ0v) is 11.1. The van der Waals surface area contributed by atoms with Crippen LogP contribution in [-0.4, -0.2) is 21.1 Å². The number of benzene rings is 2. The number of hydrogen-bond acceptors (Lipinski definition) is 3. The molecule has 2 N–H and O–H groups in total. The van der Waals surface area contributed by atoms with Gasteiger partial charge in [-0.05, 0) is 11.5 Å². The van der Waals surface area contributed by atoms with E-state index in [0.29, 0.717) is 12.2 Å². The first-order valence-electron chi connectivity index (χ1n) is 6.48. The van der Waals surface area contributed by atoms with Crippen molar-refractivity contribution in [3.8, 4) is 0 Å². The minimum Gasteiger partial charge on any atom is -0.319 e. The van der Waals surface area contributed by atoms with Crippen LogP contribution in [0.2, 0.25) is 0 Å². The van der Waals surface area contributed by atoms with Crippen molar-refractivity contribution in [2.24, 2.45) is 0 Å². The van der Waals surface area contributed by atoms with E-state index in [1.165, 1.54) is 0 Å². The lowest BCUT2D eigenvalue weighted by molar-refractivity contribution is 0.101. The molecule has 5 heteroatoms. The number of carbonyl (C=O) groups excluding carboxylic acids is 1. The van der Waals surface area contributed by atoms with E-state index in [4.69, 9.17) is 0 Å². The molecule has 0 aliphatic heterocycles. The number of hydrogen-bond donors (Lipinski definition) is 2. The van der Waals surface area contributed by atoms with Crippen LogP contribution in [0.3, 0.4) is 0 Å². The van der Waals surface area contributed by atoms with E-state index in [1.54, 1.807) is 0 Å². The fraction of sp³-hybridized carbons (Fsp3) is 0.133. The Morgan fingerprint density at radius 2 is 2.00 bits per heavy atom. The number of anilines is 1. The van der Waals surface area contributed by atoms with Gasteiger partial charge < -0.3 is 5.32 Å². The molecule has 0 saturated heterocycles. The second-order valence-electron chi connectivity index (χ2n) is 4.44. The van der Waals surface area contributed by atoms with Crippen molar-refractivity contribution in [3.63, 3.8) is 0 Å². The zero-order valence-electron chi connectivity index (χ0n) is 11.1. The maximum absolute atomic E-state index is 12.1. The second-order valence-corrected chi connectivity index (χ2v) is 4.44. The van der Waals surface area contributed by atoms with E-state index in [-0.39, 0.29) is 11.7 Å². The van der Waals surface area contributed by atoms with Crippen molar-refractivity contribution in [2.75, 3.05) is 5.32 Å². The number of nitrogens with one attached hydrogen (secondary N) is 2. The first-order chi connectivity index (χ1) is 9.78. The van der Waals surface area contributed by atoms with Gasteiger partial charge in [0.15, 0.2) is 0 Å². The Kier molecular flexibility index (Phi) is 3.16. The van der Waals surface area contributed by atoms with Crippen LogP contribution >= 0.6 is 0 Å². The van der Waals surface area contributed by atoms with E-state index in [9.17, 15) is 4.79 Å². The highest BCUT2D eigenvalue weighted by Gasteiger charge is 2.13. The van der Waals surface area contributed by atoms with E-state index >= 15 is 0 Å². The zero-order chi connectivity index (χ0) is 13.9. The molecular weight excluding hydrogens is 252 g/mol. The average Bonchev–Trinajstić information content (AvgIpc) is 2.97. The molecule has 0 saturated carbocycles. The molecule has 20 heavy (non-hydrogen) atoms. The normalized spacial score (nSPS) is 10.7. The van der Waals surface area contributed by atoms with Gasteiger partial charge in [-0.25, -0.2) is 4.98 Å².